The van der Waals surface area contributed by atoms with Crippen LogP contribution in [0.15, 0.2) is 18.3 Å². The van der Waals surface area contributed by atoms with Crippen molar-refractivity contribution in [1.29, 1.82) is 0 Å². The third kappa shape index (κ3) is 2.45. The molecule has 2 aromatic heterocycles. The highest BCUT2D eigenvalue weighted by molar-refractivity contribution is 5.22. The molecule has 5 heteroatoms. The first-order chi connectivity index (χ1) is 9.26. The molecule has 19 heavy (non-hydrogen) atoms. The minimum Gasteiger partial charge on any atom is -0.497 e. The predicted molar refractivity (Wildman–Crippen MR) is 71.2 cm³/mol. The van der Waals surface area contributed by atoms with Gasteiger partial charge < -0.3 is 4.74 Å². The maximum absolute atomic E-state index is 5.21. The molecule has 0 amide bonds. The minimum absolute atomic E-state index is 0.568. The van der Waals surface area contributed by atoms with Gasteiger partial charge in [-0.1, -0.05) is 6.42 Å². The van der Waals surface area contributed by atoms with Gasteiger partial charge in [-0.2, -0.15) is 5.10 Å². The van der Waals surface area contributed by atoms with Crippen molar-refractivity contribution in [2.45, 2.75) is 38.6 Å². The molecule has 0 unspecified atom stereocenters. The number of rotatable bonds is 4. The molecule has 1 aliphatic carbocycles. The van der Waals surface area contributed by atoms with E-state index < -0.39 is 0 Å². The Morgan fingerprint density at radius 2 is 2.26 bits per heavy atom. The Morgan fingerprint density at radius 1 is 1.42 bits per heavy atom. The Bertz CT molecular complexity index is 575. The third-order valence-electron chi connectivity index (χ3n) is 3.68. The number of aromatic nitrogens is 4. The molecule has 0 atom stereocenters. The van der Waals surface area contributed by atoms with Gasteiger partial charge in [-0.25, -0.2) is 9.67 Å². The Hall–Kier alpha value is -1.91. The second-order valence-electron chi connectivity index (χ2n) is 4.99. The lowest BCUT2D eigenvalue weighted by molar-refractivity contribution is 0.399. The quantitative estimate of drug-likeness (QED) is 0.844. The van der Waals surface area contributed by atoms with E-state index in [0.717, 1.165) is 23.1 Å². The summed E-state index contributed by atoms with van der Waals surface area (Å²) in [5.41, 5.74) is 0.938. The molecule has 1 saturated carbocycles. The van der Waals surface area contributed by atoms with E-state index in [-0.39, 0.29) is 0 Å². The van der Waals surface area contributed by atoms with Crippen molar-refractivity contribution >= 4 is 0 Å². The van der Waals surface area contributed by atoms with Gasteiger partial charge in [0.25, 0.3) is 0 Å². The van der Waals surface area contributed by atoms with Crippen LogP contribution < -0.4 is 4.74 Å². The Kier molecular flexibility index (Phi) is 3.19. The van der Waals surface area contributed by atoms with Gasteiger partial charge in [-0.05, 0) is 25.8 Å². The Balaban J connectivity index is 1.80. The van der Waals surface area contributed by atoms with Crippen molar-refractivity contribution in [3.63, 3.8) is 0 Å². The molecule has 2 heterocycles. The van der Waals surface area contributed by atoms with Crippen LogP contribution in [0.5, 0.6) is 5.75 Å². The van der Waals surface area contributed by atoms with Gasteiger partial charge >= 0.3 is 0 Å². The van der Waals surface area contributed by atoms with Gasteiger partial charge in [0.05, 0.1) is 19.3 Å². The first-order valence-electron chi connectivity index (χ1n) is 6.66. The number of hydrogen-bond acceptors (Lipinski definition) is 4. The van der Waals surface area contributed by atoms with Crippen molar-refractivity contribution in [3.8, 4) is 5.75 Å². The zero-order chi connectivity index (χ0) is 13.2. The van der Waals surface area contributed by atoms with Crippen LogP contribution >= 0.6 is 0 Å². The van der Waals surface area contributed by atoms with Gasteiger partial charge in [0, 0.05) is 18.2 Å². The molecular formula is C14H18N4O. The molecule has 0 bridgehead atoms. The smallest absolute Gasteiger partial charge is 0.154 e. The fourth-order valence-corrected chi connectivity index (χ4v) is 2.25. The molecule has 100 valence electrons. The summed E-state index contributed by atoms with van der Waals surface area (Å²) in [7, 11) is 1.66. The van der Waals surface area contributed by atoms with Crippen molar-refractivity contribution < 1.29 is 4.74 Å². The van der Waals surface area contributed by atoms with E-state index in [1.807, 2.05) is 23.7 Å². The van der Waals surface area contributed by atoms with Crippen LogP contribution in [0.25, 0.3) is 0 Å². The molecule has 1 aliphatic rings. The van der Waals surface area contributed by atoms with Crippen molar-refractivity contribution in [3.05, 3.63) is 35.7 Å². The second-order valence-corrected chi connectivity index (χ2v) is 4.99. The van der Waals surface area contributed by atoms with E-state index in [4.69, 9.17) is 4.74 Å². The number of nitrogens with zero attached hydrogens (tertiary/aromatic N) is 4. The van der Waals surface area contributed by atoms with E-state index in [0.29, 0.717) is 12.5 Å². The van der Waals surface area contributed by atoms with Crippen molar-refractivity contribution in [1.82, 2.24) is 19.7 Å². The molecule has 0 aromatic carbocycles. The first-order valence-corrected chi connectivity index (χ1v) is 6.66. The van der Waals surface area contributed by atoms with Crippen LogP contribution in [0.3, 0.4) is 0 Å². The molecule has 0 aliphatic heterocycles. The average molecular weight is 258 g/mol. The van der Waals surface area contributed by atoms with Crippen LogP contribution in [-0.4, -0.2) is 26.9 Å². The highest BCUT2D eigenvalue weighted by atomic mass is 16.5. The van der Waals surface area contributed by atoms with Crippen LogP contribution in [-0.2, 0) is 6.54 Å². The summed E-state index contributed by atoms with van der Waals surface area (Å²) in [6.45, 7) is 2.64. The molecule has 1 fully saturated rings. The van der Waals surface area contributed by atoms with Gasteiger partial charge in [0.1, 0.15) is 11.6 Å². The molecule has 5 nitrogen and oxygen atoms in total. The van der Waals surface area contributed by atoms with Crippen LogP contribution in [0.2, 0.25) is 0 Å². The summed E-state index contributed by atoms with van der Waals surface area (Å²) in [5.74, 6) is 3.33. The molecule has 0 radical (unpaired) electrons. The number of pyridine rings is 1. The van der Waals surface area contributed by atoms with Crippen LogP contribution in [0.1, 0.15) is 42.5 Å². The van der Waals surface area contributed by atoms with Gasteiger partial charge in [0.2, 0.25) is 0 Å². The van der Waals surface area contributed by atoms with Gasteiger partial charge in [-0.15, -0.1) is 0 Å². The summed E-state index contributed by atoms with van der Waals surface area (Å²) >= 11 is 0. The number of aryl methyl sites for hydroxylation is 1. The zero-order valence-corrected chi connectivity index (χ0v) is 11.3. The van der Waals surface area contributed by atoms with E-state index in [1.54, 1.807) is 13.3 Å². The van der Waals surface area contributed by atoms with E-state index in [2.05, 4.69) is 15.1 Å². The highest BCUT2D eigenvalue weighted by Crippen LogP contribution is 2.34. The topological polar surface area (TPSA) is 52.8 Å². The molecular weight excluding hydrogens is 240 g/mol. The number of methoxy groups -OCH3 is 1. The molecule has 0 spiro atoms. The second kappa shape index (κ2) is 4.99. The molecule has 0 saturated heterocycles. The lowest BCUT2D eigenvalue weighted by atomic mass is 9.85. The fourth-order valence-electron chi connectivity index (χ4n) is 2.25. The fraction of sp³-hybridized carbons (Fsp3) is 0.500. The maximum atomic E-state index is 5.21. The zero-order valence-electron chi connectivity index (χ0n) is 11.3. The highest BCUT2D eigenvalue weighted by Gasteiger charge is 2.24. The average Bonchev–Trinajstić information content (AvgIpc) is 2.68. The summed E-state index contributed by atoms with van der Waals surface area (Å²) in [4.78, 5) is 8.91. The summed E-state index contributed by atoms with van der Waals surface area (Å²) in [5, 5.41) is 4.61. The SMILES string of the molecule is COc1ccnc(Cn2nc(C3CCC3)nc2C)c1. The summed E-state index contributed by atoms with van der Waals surface area (Å²) in [6, 6.07) is 3.78. The number of hydrogen-bond donors (Lipinski definition) is 0. The lowest BCUT2D eigenvalue weighted by Crippen LogP contribution is -2.11. The van der Waals surface area contributed by atoms with Crippen LogP contribution in [0.4, 0.5) is 0 Å². The molecule has 0 N–H and O–H groups in total. The van der Waals surface area contributed by atoms with Gasteiger partial charge in [-0.3, -0.25) is 4.98 Å². The monoisotopic (exact) mass is 258 g/mol. The van der Waals surface area contributed by atoms with E-state index in [1.165, 1.54) is 19.3 Å². The third-order valence-corrected chi connectivity index (χ3v) is 3.68. The normalized spacial score (nSPS) is 15.3. The first kappa shape index (κ1) is 12.1. The summed E-state index contributed by atoms with van der Waals surface area (Å²) in [6.07, 6.45) is 5.50. The number of ether oxygens (including phenoxy) is 1. The Labute approximate surface area is 112 Å². The van der Waals surface area contributed by atoms with Crippen molar-refractivity contribution in [2.75, 3.05) is 7.11 Å². The largest absolute Gasteiger partial charge is 0.497 e. The molecule has 3 rings (SSSR count). The molecule has 2 aromatic rings. The van der Waals surface area contributed by atoms with Gasteiger partial charge in [0.15, 0.2) is 5.82 Å². The predicted octanol–water partition coefficient (Wildman–Crippen LogP) is 2.31. The minimum atomic E-state index is 0.568. The standard InChI is InChI=1S/C14H18N4O/c1-10-16-14(11-4-3-5-11)17-18(10)9-12-8-13(19-2)6-7-15-12/h6-8,11H,3-5,9H2,1-2H3. The maximum Gasteiger partial charge on any atom is 0.154 e. The van der Waals surface area contributed by atoms with Crippen LogP contribution in [0, 0.1) is 6.92 Å². The Morgan fingerprint density at radius 3 is 2.95 bits per heavy atom. The van der Waals surface area contributed by atoms with Crippen molar-refractivity contribution in [2.24, 2.45) is 0 Å². The van der Waals surface area contributed by atoms with E-state index >= 15 is 0 Å². The lowest BCUT2D eigenvalue weighted by Gasteiger charge is -2.21. The van der Waals surface area contributed by atoms with E-state index in [9.17, 15) is 0 Å². The summed E-state index contributed by atoms with van der Waals surface area (Å²) < 4.78 is 7.13.